The van der Waals surface area contributed by atoms with Crippen molar-refractivity contribution in [1.82, 2.24) is 15.1 Å². The number of benzene rings is 1. The van der Waals surface area contributed by atoms with E-state index in [0.717, 1.165) is 16.0 Å². The van der Waals surface area contributed by atoms with Gasteiger partial charge in [-0.3, -0.25) is 9.48 Å². The van der Waals surface area contributed by atoms with Crippen LogP contribution in [0.15, 0.2) is 60.2 Å². The van der Waals surface area contributed by atoms with E-state index in [1.807, 2.05) is 61.0 Å². The summed E-state index contributed by atoms with van der Waals surface area (Å²) in [4.78, 5) is 13.4. The number of nitrogens with one attached hydrogen (secondary N) is 1. The first-order chi connectivity index (χ1) is 10.7. The molecule has 0 aliphatic rings. The SMILES string of the molecule is CC(C(=O)NCc1cccs1)n1cc(-c2ccccc2)cn1. The zero-order valence-corrected chi connectivity index (χ0v) is 13.1. The molecule has 3 rings (SSSR count). The minimum Gasteiger partial charge on any atom is -0.349 e. The lowest BCUT2D eigenvalue weighted by Crippen LogP contribution is -2.30. The number of nitrogens with zero attached hydrogens (tertiary/aromatic N) is 2. The molecule has 0 radical (unpaired) electrons. The number of thiophene rings is 1. The predicted octanol–water partition coefficient (Wildman–Crippen LogP) is 3.49. The van der Waals surface area contributed by atoms with Crippen molar-refractivity contribution in [3.8, 4) is 11.1 Å². The molecule has 1 atom stereocenters. The van der Waals surface area contributed by atoms with E-state index in [1.54, 1.807) is 22.2 Å². The van der Waals surface area contributed by atoms with E-state index in [9.17, 15) is 4.79 Å². The number of rotatable bonds is 5. The average Bonchev–Trinajstić information content (AvgIpc) is 3.24. The highest BCUT2D eigenvalue weighted by Crippen LogP contribution is 2.19. The lowest BCUT2D eigenvalue weighted by molar-refractivity contribution is -0.124. The van der Waals surface area contributed by atoms with Gasteiger partial charge in [0.1, 0.15) is 6.04 Å². The fourth-order valence-corrected chi connectivity index (χ4v) is 2.83. The molecule has 3 aromatic rings. The Morgan fingerprint density at radius 1 is 1.23 bits per heavy atom. The Hall–Kier alpha value is -2.40. The Kier molecular flexibility index (Phi) is 4.34. The van der Waals surface area contributed by atoms with E-state index >= 15 is 0 Å². The molecule has 0 fully saturated rings. The molecule has 0 bridgehead atoms. The summed E-state index contributed by atoms with van der Waals surface area (Å²) in [6, 6.07) is 13.7. The fraction of sp³-hybridized carbons (Fsp3) is 0.176. The Balaban J connectivity index is 1.66. The molecule has 0 saturated heterocycles. The number of carbonyl (C=O) groups is 1. The van der Waals surface area contributed by atoms with Gasteiger partial charge in [-0.25, -0.2) is 0 Å². The molecule has 0 spiro atoms. The van der Waals surface area contributed by atoms with Crippen LogP contribution in [0.4, 0.5) is 0 Å². The van der Waals surface area contributed by atoms with Crippen LogP contribution in [0.2, 0.25) is 0 Å². The third-order valence-electron chi connectivity index (χ3n) is 3.50. The Morgan fingerprint density at radius 2 is 2.05 bits per heavy atom. The van der Waals surface area contributed by atoms with Gasteiger partial charge in [-0.15, -0.1) is 11.3 Å². The van der Waals surface area contributed by atoms with Crippen LogP contribution in [0.5, 0.6) is 0 Å². The normalized spacial score (nSPS) is 12.0. The van der Waals surface area contributed by atoms with Gasteiger partial charge in [0.15, 0.2) is 0 Å². The van der Waals surface area contributed by atoms with Crippen LogP contribution in [0, 0.1) is 0 Å². The van der Waals surface area contributed by atoms with Crippen LogP contribution in [0.1, 0.15) is 17.8 Å². The summed E-state index contributed by atoms with van der Waals surface area (Å²) in [6.07, 6.45) is 3.70. The van der Waals surface area contributed by atoms with Gasteiger partial charge in [-0.1, -0.05) is 36.4 Å². The summed E-state index contributed by atoms with van der Waals surface area (Å²) in [5, 5.41) is 9.26. The standard InChI is InChI=1S/C17H17N3OS/c1-13(17(21)18-11-16-8-5-9-22-16)20-12-15(10-19-20)14-6-3-2-4-7-14/h2-10,12-13H,11H2,1H3,(H,18,21). The summed E-state index contributed by atoms with van der Waals surface area (Å²) < 4.78 is 1.70. The lowest BCUT2D eigenvalue weighted by atomic mass is 10.1. The summed E-state index contributed by atoms with van der Waals surface area (Å²) >= 11 is 1.64. The number of hydrogen-bond acceptors (Lipinski definition) is 3. The van der Waals surface area contributed by atoms with Crippen LogP contribution >= 0.6 is 11.3 Å². The molecule has 1 amide bonds. The molecule has 1 aromatic carbocycles. The van der Waals surface area contributed by atoms with E-state index in [2.05, 4.69) is 10.4 Å². The zero-order chi connectivity index (χ0) is 15.4. The Morgan fingerprint density at radius 3 is 2.77 bits per heavy atom. The maximum atomic E-state index is 12.2. The number of amides is 1. The van der Waals surface area contributed by atoms with Crippen LogP contribution in [-0.4, -0.2) is 15.7 Å². The molecular weight excluding hydrogens is 294 g/mol. The molecule has 4 nitrogen and oxygen atoms in total. The van der Waals surface area contributed by atoms with Gasteiger partial charge >= 0.3 is 0 Å². The van der Waals surface area contributed by atoms with Crippen molar-refractivity contribution < 1.29 is 4.79 Å². The summed E-state index contributed by atoms with van der Waals surface area (Å²) in [6.45, 7) is 2.42. The molecule has 0 saturated carbocycles. The van der Waals surface area contributed by atoms with Crippen molar-refractivity contribution in [3.05, 3.63) is 65.1 Å². The fourth-order valence-electron chi connectivity index (χ4n) is 2.18. The third-order valence-corrected chi connectivity index (χ3v) is 4.38. The van der Waals surface area contributed by atoms with Crippen molar-refractivity contribution >= 4 is 17.2 Å². The van der Waals surface area contributed by atoms with Gasteiger partial charge in [0.2, 0.25) is 5.91 Å². The Bertz CT molecular complexity index is 734. The van der Waals surface area contributed by atoms with Crippen molar-refractivity contribution in [2.45, 2.75) is 19.5 Å². The van der Waals surface area contributed by atoms with E-state index in [0.29, 0.717) is 6.54 Å². The van der Waals surface area contributed by atoms with Crippen molar-refractivity contribution in [1.29, 1.82) is 0 Å². The monoisotopic (exact) mass is 311 g/mol. The largest absolute Gasteiger partial charge is 0.349 e. The summed E-state index contributed by atoms with van der Waals surface area (Å²) in [7, 11) is 0. The van der Waals surface area contributed by atoms with Crippen LogP contribution in [-0.2, 0) is 11.3 Å². The van der Waals surface area contributed by atoms with Crippen molar-refractivity contribution in [2.75, 3.05) is 0 Å². The molecule has 2 heterocycles. The number of hydrogen-bond donors (Lipinski definition) is 1. The van der Waals surface area contributed by atoms with Crippen LogP contribution in [0.3, 0.4) is 0 Å². The second kappa shape index (κ2) is 6.58. The quantitative estimate of drug-likeness (QED) is 0.784. The lowest BCUT2D eigenvalue weighted by Gasteiger charge is -2.12. The smallest absolute Gasteiger partial charge is 0.244 e. The summed E-state index contributed by atoms with van der Waals surface area (Å²) in [5.41, 5.74) is 2.11. The minimum atomic E-state index is -0.336. The third kappa shape index (κ3) is 3.26. The highest BCUT2D eigenvalue weighted by molar-refractivity contribution is 7.09. The molecule has 22 heavy (non-hydrogen) atoms. The first-order valence-electron chi connectivity index (χ1n) is 7.14. The van der Waals surface area contributed by atoms with Gasteiger partial charge in [0.05, 0.1) is 12.7 Å². The van der Waals surface area contributed by atoms with E-state index in [4.69, 9.17) is 0 Å². The van der Waals surface area contributed by atoms with Gasteiger partial charge in [0, 0.05) is 16.6 Å². The van der Waals surface area contributed by atoms with E-state index < -0.39 is 0 Å². The molecule has 5 heteroatoms. The topological polar surface area (TPSA) is 46.9 Å². The van der Waals surface area contributed by atoms with Crippen molar-refractivity contribution in [3.63, 3.8) is 0 Å². The molecule has 112 valence electrons. The molecule has 2 aromatic heterocycles. The average molecular weight is 311 g/mol. The van der Waals surface area contributed by atoms with Crippen LogP contribution in [0.25, 0.3) is 11.1 Å². The number of aromatic nitrogens is 2. The van der Waals surface area contributed by atoms with E-state index in [1.165, 1.54) is 0 Å². The van der Waals surface area contributed by atoms with Gasteiger partial charge in [-0.2, -0.15) is 5.10 Å². The first-order valence-corrected chi connectivity index (χ1v) is 8.01. The van der Waals surface area contributed by atoms with E-state index in [-0.39, 0.29) is 11.9 Å². The maximum absolute atomic E-state index is 12.2. The molecular formula is C17H17N3OS. The number of carbonyl (C=O) groups excluding carboxylic acids is 1. The predicted molar refractivity (Wildman–Crippen MR) is 88.5 cm³/mol. The second-order valence-electron chi connectivity index (χ2n) is 5.05. The molecule has 1 N–H and O–H groups in total. The van der Waals surface area contributed by atoms with Gasteiger partial charge < -0.3 is 5.32 Å². The molecule has 0 aliphatic heterocycles. The van der Waals surface area contributed by atoms with Gasteiger partial charge in [-0.05, 0) is 23.9 Å². The van der Waals surface area contributed by atoms with Crippen LogP contribution < -0.4 is 5.32 Å². The molecule has 1 unspecified atom stereocenters. The minimum absolute atomic E-state index is 0.0314. The highest BCUT2D eigenvalue weighted by atomic mass is 32.1. The molecule has 0 aliphatic carbocycles. The van der Waals surface area contributed by atoms with Crippen molar-refractivity contribution in [2.24, 2.45) is 0 Å². The Labute approximate surface area is 133 Å². The zero-order valence-electron chi connectivity index (χ0n) is 12.3. The highest BCUT2D eigenvalue weighted by Gasteiger charge is 2.16. The maximum Gasteiger partial charge on any atom is 0.244 e. The first kappa shape index (κ1) is 14.5. The van der Waals surface area contributed by atoms with Gasteiger partial charge in [0.25, 0.3) is 0 Å². The second-order valence-corrected chi connectivity index (χ2v) is 6.08. The summed E-state index contributed by atoms with van der Waals surface area (Å²) in [5.74, 6) is -0.0314.